The molecule has 2 aromatic heterocycles. The summed E-state index contributed by atoms with van der Waals surface area (Å²) in [6, 6.07) is 18.3. The average molecular weight is 490 g/mol. The van der Waals surface area contributed by atoms with Crippen LogP contribution in [-0.4, -0.2) is 37.9 Å². The van der Waals surface area contributed by atoms with Gasteiger partial charge in [-0.2, -0.15) is 4.98 Å². The van der Waals surface area contributed by atoms with Crippen molar-refractivity contribution in [2.75, 3.05) is 23.9 Å². The molecule has 3 N–H and O–H groups in total. The minimum Gasteiger partial charge on any atom is -0.481 e. The van der Waals surface area contributed by atoms with Crippen LogP contribution in [0.5, 0.6) is 5.88 Å². The zero-order valence-corrected chi connectivity index (χ0v) is 19.7. The number of fused-ring (bicyclic) bond motifs is 3. The zero-order valence-electron chi connectivity index (χ0n) is 18.9. The van der Waals surface area contributed by atoms with E-state index in [-0.39, 0.29) is 17.3 Å². The number of anilines is 2. The van der Waals surface area contributed by atoms with Crippen molar-refractivity contribution in [1.82, 2.24) is 9.97 Å². The van der Waals surface area contributed by atoms with Gasteiger partial charge in [0.2, 0.25) is 21.8 Å². The van der Waals surface area contributed by atoms with Crippen LogP contribution < -0.4 is 20.1 Å². The van der Waals surface area contributed by atoms with Crippen LogP contribution in [0.15, 0.2) is 71.8 Å². The quantitative estimate of drug-likeness (QED) is 0.426. The number of rotatable bonds is 6. The lowest BCUT2D eigenvalue weighted by atomic mass is 10.0. The van der Waals surface area contributed by atoms with Gasteiger partial charge in [0.25, 0.3) is 0 Å². The van der Waals surface area contributed by atoms with Crippen LogP contribution in [0, 0.1) is 0 Å². The number of carbonyl (C=O) groups is 1. The molecule has 9 nitrogen and oxygen atoms in total. The van der Waals surface area contributed by atoms with Crippen molar-refractivity contribution in [2.24, 2.45) is 5.14 Å². The third-order valence-corrected chi connectivity index (χ3v) is 6.86. The summed E-state index contributed by atoms with van der Waals surface area (Å²) in [6.45, 7) is 0.501. The number of amides is 1. The Balaban J connectivity index is 1.56. The summed E-state index contributed by atoms with van der Waals surface area (Å²) in [7, 11) is -2.36. The molecule has 10 heteroatoms. The summed E-state index contributed by atoms with van der Waals surface area (Å²) in [5.41, 5.74) is 4.29. The van der Waals surface area contributed by atoms with E-state index in [1.165, 1.54) is 13.2 Å². The third-order valence-electron chi connectivity index (χ3n) is 5.85. The summed E-state index contributed by atoms with van der Waals surface area (Å²) < 4.78 is 29.7. The number of hydrogen-bond acceptors (Lipinski definition) is 7. The van der Waals surface area contributed by atoms with Crippen LogP contribution in [0.3, 0.4) is 0 Å². The number of sulfonamides is 1. The molecular formula is C25H23N5O4S. The predicted octanol–water partition coefficient (Wildman–Crippen LogP) is 2.84. The average Bonchev–Trinajstić information content (AvgIpc) is 2.83. The van der Waals surface area contributed by atoms with E-state index in [4.69, 9.17) is 9.88 Å². The van der Waals surface area contributed by atoms with Crippen molar-refractivity contribution >= 4 is 38.3 Å². The lowest BCUT2D eigenvalue weighted by Crippen LogP contribution is -2.38. The second-order valence-electron chi connectivity index (χ2n) is 8.30. The largest absolute Gasteiger partial charge is 0.481 e. The van der Waals surface area contributed by atoms with Crippen LogP contribution in [-0.2, 0) is 27.8 Å². The van der Waals surface area contributed by atoms with E-state index >= 15 is 0 Å². The van der Waals surface area contributed by atoms with E-state index in [0.717, 1.165) is 22.2 Å². The van der Waals surface area contributed by atoms with Crippen molar-refractivity contribution in [3.63, 3.8) is 0 Å². The lowest BCUT2D eigenvalue weighted by molar-refractivity contribution is -0.115. The number of nitrogens with zero attached hydrogens (tertiary/aromatic N) is 3. The SMILES string of the molecule is COc1ccc2c3c(cnc2n1)NC(=O)CN3Cc1ccc(S(N)(=O)=O)c(Cc2ccccc2)c1. The molecular weight excluding hydrogens is 466 g/mol. The lowest BCUT2D eigenvalue weighted by Gasteiger charge is -2.32. The number of nitrogens with one attached hydrogen (secondary N) is 1. The van der Waals surface area contributed by atoms with E-state index in [9.17, 15) is 13.2 Å². The van der Waals surface area contributed by atoms with Crippen molar-refractivity contribution in [2.45, 2.75) is 17.9 Å². The van der Waals surface area contributed by atoms with Crippen LogP contribution in [0.1, 0.15) is 16.7 Å². The van der Waals surface area contributed by atoms with Crippen LogP contribution in [0.25, 0.3) is 11.0 Å². The van der Waals surface area contributed by atoms with Crippen molar-refractivity contribution < 1.29 is 17.9 Å². The van der Waals surface area contributed by atoms with E-state index in [0.29, 0.717) is 35.7 Å². The molecule has 2 aromatic carbocycles. The highest BCUT2D eigenvalue weighted by atomic mass is 32.2. The molecule has 3 heterocycles. The molecule has 0 aliphatic carbocycles. The number of hydrogen-bond donors (Lipinski definition) is 2. The highest BCUT2D eigenvalue weighted by molar-refractivity contribution is 7.89. The molecule has 0 bridgehead atoms. The van der Waals surface area contributed by atoms with Gasteiger partial charge in [-0.1, -0.05) is 42.5 Å². The first-order valence-electron chi connectivity index (χ1n) is 10.9. The zero-order chi connectivity index (χ0) is 24.6. The molecule has 1 amide bonds. The van der Waals surface area contributed by atoms with E-state index in [1.54, 1.807) is 18.3 Å². The molecule has 1 aliphatic heterocycles. The summed E-state index contributed by atoms with van der Waals surface area (Å²) in [5.74, 6) is 0.284. The summed E-state index contributed by atoms with van der Waals surface area (Å²) in [5, 5.41) is 9.14. The second kappa shape index (κ2) is 8.97. The number of primary sulfonamides is 1. The molecule has 0 spiro atoms. The van der Waals surface area contributed by atoms with Gasteiger partial charge in [-0.15, -0.1) is 0 Å². The molecule has 1 aliphatic rings. The number of aromatic nitrogens is 2. The Morgan fingerprint density at radius 3 is 2.63 bits per heavy atom. The first-order valence-corrected chi connectivity index (χ1v) is 12.4. The van der Waals surface area contributed by atoms with Gasteiger partial charge in [-0.25, -0.2) is 18.5 Å². The molecule has 5 rings (SSSR count). The maximum Gasteiger partial charge on any atom is 0.244 e. The van der Waals surface area contributed by atoms with Gasteiger partial charge in [0.05, 0.1) is 36.1 Å². The topological polar surface area (TPSA) is 128 Å². The second-order valence-corrected chi connectivity index (χ2v) is 9.83. The first-order chi connectivity index (χ1) is 16.8. The summed E-state index contributed by atoms with van der Waals surface area (Å²) >= 11 is 0. The highest BCUT2D eigenvalue weighted by Gasteiger charge is 2.26. The minimum atomic E-state index is -3.90. The number of methoxy groups -OCH3 is 1. The fourth-order valence-electron chi connectivity index (χ4n) is 4.35. The van der Waals surface area contributed by atoms with Gasteiger partial charge in [0.1, 0.15) is 0 Å². The fraction of sp³-hybridized carbons (Fsp3) is 0.160. The van der Waals surface area contributed by atoms with Gasteiger partial charge in [-0.3, -0.25) is 4.79 Å². The highest BCUT2D eigenvalue weighted by Crippen LogP contribution is 2.37. The molecule has 0 atom stereocenters. The van der Waals surface area contributed by atoms with Crippen molar-refractivity contribution in [3.05, 3.63) is 83.6 Å². The predicted molar refractivity (Wildman–Crippen MR) is 133 cm³/mol. The fourth-order valence-corrected chi connectivity index (χ4v) is 5.11. The monoisotopic (exact) mass is 489 g/mol. The third kappa shape index (κ3) is 4.66. The Morgan fingerprint density at radius 1 is 1.09 bits per heavy atom. The Hall–Kier alpha value is -4.02. The van der Waals surface area contributed by atoms with Crippen LogP contribution >= 0.6 is 0 Å². The Labute approximate surface area is 202 Å². The Morgan fingerprint density at radius 2 is 1.89 bits per heavy atom. The molecule has 178 valence electrons. The van der Waals surface area contributed by atoms with E-state index in [2.05, 4.69) is 15.3 Å². The van der Waals surface area contributed by atoms with Crippen molar-refractivity contribution in [3.8, 4) is 5.88 Å². The molecule has 35 heavy (non-hydrogen) atoms. The van der Waals surface area contributed by atoms with Gasteiger partial charge in [-0.05, 0) is 35.2 Å². The Kier molecular flexibility index (Phi) is 5.83. The van der Waals surface area contributed by atoms with Gasteiger partial charge in [0.15, 0.2) is 5.65 Å². The smallest absolute Gasteiger partial charge is 0.244 e. The molecule has 0 saturated heterocycles. The van der Waals surface area contributed by atoms with Gasteiger partial charge < -0.3 is 15.0 Å². The number of ether oxygens (including phenoxy) is 1. The first kappa shape index (κ1) is 22.8. The molecule has 0 fully saturated rings. The molecule has 0 radical (unpaired) electrons. The maximum atomic E-state index is 12.4. The summed E-state index contributed by atoms with van der Waals surface area (Å²) in [6.07, 6.45) is 1.99. The standard InChI is InChI=1S/C25H23N5O4S/c1-34-23-10-8-19-24-20(13-27-25(19)29-23)28-22(31)15-30(24)14-17-7-9-21(35(26,32)33)18(12-17)11-16-5-3-2-4-6-16/h2-10,12-13H,11,14-15H2,1H3,(H,28,31)(H2,26,32,33). The van der Waals surface area contributed by atoms with Gasteiger partial charge >= 0.3 is 0 Å². The number of nitrogens with two attached hydrogens (primary N) is 1. The van der Waals surface area contributed by atoms with Crippen molar-refractivity contribution in [1.29, 1.82) is 0 Å². The normalized spacial score (nSPS) is 13.4. The summed E-state index contributed by atoms with van der Waals surface area (Å²) in [4.78, 5) is 23.2. The molecule has 0 unspecified atom stereocenters. The van der Waals surface area contributed by atoms with Gasteiger partial charge in [0, 0.05) is 18.0 Å². The Bertz CT molecular complexity index is 1540. The van der Waals surface area contributed by atoms with E-state index in [1.807, 2.05) is 47.4 Å². The van der Waals surface area contributed by atoms with Crippen LogP contribution in [0.4, 0.5) is 11.4 Å². The molecule has 0 saturated carbocycles. The maximum absolute atomic E-state index is 12.4. The number of benzene rings is 2. The van der Waals surface area contributed by atoms with E-state index < -0.39 is 10.0 Å². The number of pyridine rings is 2. The van der Waals surface area contributed by atoms with Crippen LogP contribution in [0.2, 0.25) is 0 Å². The minimum absolute atomic E-state index is 0.0906. The molecule has 4 aromatic rings. The number of carbonyl (C=O) groups excluding carboxylic acids is 1.